The molecule has 2 aromatic heterocycles. The highest BCUT2D eigenvalue weighted by molar-refractivity contribution is 5.40. The molecule has 0 saturated heterocycles. The minimum Gasteiger partial charge on any atom is -0.493 e. The summed E-state index contributed by atoms with van der Waals surface area (Å²) in [7, 11) is 0. The maximum atomic E-state index is 5.60. The monoisotopic (exact) mass is 346 g/mol. The molecule has 0 radical (unpaired) electrons. The molecular formula is C21H22N4O. The average molecular weight is 346 g/mol. The molecular weight excluding hydrogens is 324 g/mol. The number of hydrogen-bond donors (Lipinski definition) is 1. The first-order valence-corrected chi connectivity index (χ1v) is 9.35. The van der Waals surface area contributed by atoms with Crippen LogP contribution in [0.5, 0.6) is 5.75 Å². The molecule has 1 N–H and O–H groups in total. The van der Waals surface area contributed by atoms with Crippen LogP contribution in [-0.2, 0) is 19.4 Å². The highest BCUT2D eigenvalue weighted by atomic mass is 16.5. The molecule has 1 aliphatic carbocycles. The zero-order valence-electron chi connectivity index (χ0n) is 14.7. The summed E-state index contributed by atoms with van der Waals surface area (Å²) in [6.45, 7) is 1.68. The lowest BCUT2D eigenvalue weighted by Crippen LogP contribution is -2.25. The van der Waals surface area contributed by atoms with Crippen molar-refractivity contribution in [2.75, 3.05) is 6.61 Å². The number of fused-ring (bicyclic) bond motifs is 2. The van der Waals surface area contributed by atoms with E-state index in [1.807, 2.05) is 35.3 Å². The quantitative estimate of drug-likeness (QED) is 0.787. The number of rotatable bonds is 4. The molecule has 5 rings (SSSR count). The van der Waals surface area contributed by atoms with Gasteiger partial charge < -0.3 is 10.1 Å². The zero-order valence-corrected chi connectivity index (χ0v) is 14.7. The molecule has 0 unspecified atom stereocenters. The summed E-state index contributed by atoms with van der Waals surface area (Å²) >= 11 is 0. The summed E-state index contributed by atoms with van der Waals surface area (Å²) in [5.74, 6) is 1.94. The van der Waals surface area contributed by atoms with Gasteiger partial charge >= 0.3 is 0 Å². The number of nitrogens with one attached hydrogen (secondary N) is 1. The van der Waals surface area contributed by atoms with Crippen LogP contribution in [0, 0.1) is 0 Å². The Bertz CT molecular complexity index is 919. The third-order valence-corrected chi connectivity index (χ3v) is 5.36. The number of ether oxygens (including phenoxy) is 1. The van der Waals surface area contributed by atoms with E-state index in [4.69, 9.17) is 4.74 Å². The Kier molecular flexibility index (Phi) is 3.94. The van der Waals surface area contributed by atoms with E-state index in [2.05, 4.69) is 33.6 Å². The summed E-state index contributed by atoms with van der Waals surface area (Å²) < 4.78 is 7.60. The second kappa shape index (κ2) is 6.57. The fraction of sp³-hybridized carbons (Fsp3) is 0.333. The van der Waals surface area contributed by atoms with Crippen LogP contribution in [-0.4, -0.2) is 21.4 Å². The van der Waals surface area contributed by atoms with Crippen molar-refractivity contribution < 1.29 is 4.74 Å². The van der Waals surface area contributed by atoms with Crippen LogP contribution in [0.3, 0.4) is 0 Å². The molecule has 5 nitrogen and oxygen atoms in total. The minimum atomic E-state index is 0.348. The van der Waals surface area contributed by atoms with Crippen LogP contribution < -0.4 is 10.1 Å². The van der Waals surface area contributed by atoms with Gasteiger partial charge in [-0.1, -0.05) is 18.2 Å². The lowest BCUT2D eigenvalue weighted by Gasteiger charge is -2.24. The maximum absolute atomic E-state index is 5.60. The molecule has 2 aliphatic rings. The third-order valence-electron chi connectivity index (χ3n) is 5.36. The van der Waals surface area contributed by atoms with Crippen LogP contribution in [0.25, 0.3) is 5.82 Å². The number of hydrogen-bond acceptors (Lipinski definition) is 4. The summed E-state index contributed by atoms with van der Waals surface area (Å²) in [4.78, 5) is 4.45. The van der Waals surface area contributed by atoms with Crippen LogP contribution >= 0.6 is 0 Å². The van der Waals surface area contributed by atoms with E-state index >= 15 is 0 Å². The summed E-state index contributed by atoms with van der Waals surface area (Å²) in [6, 6.07) is 12.8. The number of nitrogens with zero attached hydrogens (tertiary/aromatic N) is 3. The van der Waals surface area contributed by atoms with Gasteiger partial charge in [0, 0.05) is 30.8 Å². The van der Waals surface area contributed by atoms with E-state index < -0.39 is 0 Å². The Labute approximate surface area is 153 Å². The van der Waals surface area contributed by atoms with Gasteiger partial charge in [0.25, 0.3) is 0 Å². The molecule has 3 heterocycles. The summed E-state index contributed by atoms with van der Waals surface area (Å²) in [5, 5.41) is 8.35. The standard InChI is InChI=1S/C21H22N4O/c1-2-10-22-21(6-1)25-19-5-3-4-18(17(19)14-24-25)23-13-15-7-8-20-16(12-15)9-11-26-20/h1-2,6-8,10,12,14,18,23H,3-5,9,11,13H2/t18-/m1/s1. The van der Waals surface area contributed by atoms with Crippen LogP contribution in [0.1, 0.15) is 41.3 Å². The van der Waals surface area contributed by atoms with Crippen molar-refractivity contribution in [1.82, 2.24) is 20.1 Å². The Balaban J connectivity index is 1.35. The molecule has 1 aromatic carbocycles. The van der Waals surface area contributed by atoms with Crippen molar-refractivity contribution in [3.05, 3.63) is 71.2 Å². The van der Waals surface area contributed by atoms with Gasteiger partial charge in [0.05, 0.1) is 18.5 Å². The van der Waals surface area contributed by atoms with Crippen molar-refractivity contribution in [3.63, 3.8) is 0 Å². The number of pyridine rings is 1. The molecule has 1 atom stereocenters. The molecule has 0 saturated carbocycles. The molecule has 3 aromatic rings. The smallest absolute Gasteiger partial charge is 0.153 e. The number of aromatic nitrogens is 3. The molecule has 0 fully saturated rings. The minimum absolute atomic E-state index is 0.348. The predicted octanol–water partition coefficient (Wildman–Crippen LogP) is 3.37. The summed E-state index contributed by atoms with van der Waals surface area (Å²) in [6.07, 6.45) is 8.22. The van der Waals surface area contributed by atoms with Gasteiger partial charge in [-0.2, -0.15) is 5.10 Å². The van der Waals surface area contributed by atoms with Gasteiger partial charge in [0.1, 0.15) is 5.75 Å². The van der Waals surface area contributed by atoms with Crippen LogP contribution in [0.2, 0.25) is 0 Å². The van der Waals surface area contributed by atoms with Crippen LogP contribution in [0.15, 0.2) is 48.8 Å². The van der Waals surface area contributed by atoms with Gasteiger partial charge in [-0.05, 0) is 48.6 Å². The lowest BCUT2D eigenvalue weighted by atomic mass is 9.92. The SMILES string of the molecule is c1ccc(-n2ncc3c2CCC[C@H]3NCc2ccc3c(c2)CCO3)nc1. The third kappa shape index (κ3) is 2.78. The highest BCUT2D eigenvalue weighted by Crippen LogP contribution is 2.31. The highest BCUT2D eigenvalue weighted by Gasteiger charge is 2.25. The molecule has 26 heavy (non-hydrogen) atoms. The molecule has 0 amide bonds. The van der Waals surface area contributed by atoms with E-state index in [1.165, 1.54) is 28.8 Å². The van der Waals surface area contributed by atoms with E-state index in [9.17, 15) is 0 Å². The first-order chi connectivity index (χ1) is 12.9. The maximum Gasteiger partial charge on any atom is 0.153 e. The van der Waals surface area contributed by atoms with Crippen molar-refractivity contribution >= 4 is 0 Å². The van der Waals surface area contributed by atoms with E-state index in [0.717, 1.165) is 44.0 Å². The fourth-order valence-corrected chi connectivity index (χ4v) is 4.04. The van der Waals surface area contributed by atoms with Crippen molar-refractivity contribution in [1.29, 1.82) is 0 Å². The Morgan fingerprint density at radius 3 is 3.12 bits per heavy atom. The first kappa shape index (κ1) is 15.6. The molecule has 1 aliphatic heterocycles. The lowest BCUT2D eigenvalue weighted by molar-refractivity contribution is 0.357. The number of benzene rings is 1. The fourth-order valence-electron chi connectivity index (χ4n) is 4.04. The van der Waals surface area contributed by atoms with Crippen molar-refractivity contribution in [3.8, 4) is 11.6 Å². The van der Waals surface area contributed by atoms with Gasteiger partial charge in [0.2, 0.25) is 0 Å². The van der Waals surface area contributed by atoms with E-state index in [1.54, 1.807) is 0 Å². The molecule has 0 spiro atoms. The summed E-state index contributed by atoms with van der Waals surface area (Å²) in [5.41, 5.74) is 5.25. The van der Waals surface area contributed by atoms with Gasteiger partial charge in [-0.25, -0.2) is 9.67 Å². The Morgan fingerprint density at radius 1 is 1.19 bits per heavy atom. The molecule has 5 heteroatoms. The van der Waals surface area contributed by atoms with E-state index in [-0.39, 0.29) is 0 Å². The average Bonchev–Trinajstić information content (AvgIpc) is 3.33. The largest absolute Gasteiger partial charge is 0.493 e. The van der Waals surface area contributed by atoms with Crippen molar-refractivity contribution in [2.45, 2.75) is 38.3 Å². The van der Waals surface area contributed by atoms with Crippen LogP contribution in [0.4, 0.5) is 0 Å². The zero-order chi connectivity index (χ0) is 17.3. The first-order valence-electron chi connectivity index (χ1n) is 9.35. The molecule has 0 bridgehead atoms. The van der Waals surface area contributed by atoms with Gasteiger partial charge in [-0.15, -0.1) is 0 Å². The second-order valence-electron chi connectivity index (χ2n) is 7.01. The Hall–Kier alpha value is -2.66. The normalized spacial score (nSPS) is 18.2. The predicted molar refractivity (Wildman–Crippen MR) is 99.5 cm³/mol. The van der Waals surface area contributed by atoms with Crippen molar-refractivity contribution in [2.24, 2.45) is 0 Å². The second-order valence-corrected chi connectivity index (χ2v) is 7.01. The Morgan fingerprint density at radius 2 is 2.19 bits per heavy atom. The van der Waals surface area contributed by atoms with Gasteiger partial charge in [0.15, 0.2) is 5.82 Å². The van der Waals surface area contributed by atoms with Gasteiger partial charge in [-0.3, -0.25) is 0 Å². The van der Waals surface area contributed by atoms with E-state index in [0.29, 0.717) is 6.04 Å². The molecule has 132 valence electrons. The topological polar surface area (TPSA) is 52.0 Å².